The van der Waals surface area contributed by atoms with Crippen LogP contribution in [0.15, 0.2) is 46.9 Å². The van der Waals surface area contributed by atoms with Crippen LogP contribution < -0.4 is 5.43 Å². The maximum atomic E-state index is 11.5. The van der Waals surface area contributed by atoms with Gasteiger partial charge in [-0.15, -0.1) is 11.3 Å². The Hall–Kier alpha value is -2.14. The van der Waals surface area contributed by atoms with E-state index in [-0.39, 0.29) is 11.7 Å². The maximum absolute atomic E-state index is 11.5. The lowest BCUT2D eigenvalue weighted by Gasteiger charge is -1.96. The van der Waals surface area contributed by atoms with E-state index in [2.05, 4.69) is 10.5 Å². The van der Waals surface area contributed by atoms with E-state index in [4.69, 9.17) is 5.11 Å². The largest absolute Gasteiger partial charge is 0.508 e. The molecule has 0 unspecified atom stereocenters. The lowest BCUT2D eigenvalue weighted by atomic mass is 10.2. The predicted molar refractivity (Wildman–Crippen MR) is 67.5 cm³/mol. The lowest BCUT2D eigenvalue weighted by molar-refractivity contribution is 0.0959. The first-order valence-electron chi connectivity index (χ1n) is 4.91. The number of rotatable bonds is 3. The van der Waals surface area contributed by atoms with Crippen molar-refractivity contribution in [3.05, 3.63) is 52.2 Å². The lowest BCUT2D eigenvalue weighted by Crippen LogP contribution is -2.16. The smallest absolute Gasteiger partial charge is 0.281 e. The Morgan fingerprint density at radius 3 is 2.71 bits per heavy atom. The summed E-state index contributed by atoms with van der Waals surface area (Å²) in [6.45, 7) is 0. The van der Waals surface area contributed by atoms with Gasteiger partial charge in [-0.25, -0.2) is 5.43 Å². The zero-order valence-corrected chi connectivity index (χ0v) is 9.65. The fourth-order valence-electron chi connectivity index (χ4n) is 1.19. The van der Waals surface area contributed by atoms with Crippen molar-refractivity contribution < 1.29 is 9.90 Å². The number of nitrogens with zero attached hydrogens (tertiary/aromatic N) is 1. The molecule has 0 aliphatic heterocycles. The first kappa shape index (κ1) is 11.3. The molecular formula is C12H10N2O2S. The molecule has 0 bridgehead atoms. The number of carbonyl (C=O) groups is 1. The van der Waals surface area contributed by atoms with Crippen LogP contribution in [-0.4, -0.2) is 17.2 Å². The number of phenolic OH excluding ortho intramolecular Hbond substituents is 1. The number of benzene rings is 1. The van der Waals surface area contributed by atoms with Gasteiger partial charge in [0.1, 0.15) is 5.75 Å². The summed E-state index contributed by atoms with van der Waals surface area (Å²) in [6, 6.07) is 10.1. The minimum absolute atomic E-state index is 0.199. The van der Waals surface area contributed by atoms with E-state index in [0.29, 0.717) is 4.88 Å². The van der Waals surface area contributed by atoms with E-state index in [1.807, 2.05) is 11.4 Å². The molecule has 0 spiro atoms. The second-order valence-corrected chi connectivity index (χ2v) is 4.22. The van der Waals surface area contributed by atoms with Crippen LogP contribution in [0, 0.1) is 0 Å². The molecule has 1 aromatic carbocycles. The van der Waals surface area contributed by atoms with Gasteiger partial charge >= 0.3 is 0 Å². The monoisotopic (exact) mass is 246 g/mol. The normalized spacial score (nSPS) is 10.6. The molecule has 0 fully saturated rings. The summed E-state index contributed by atoms with van der Waals surface area (Å²) in [5.41, 5.74) is 3.23. The number of aromatic hydroxyl groups is 1. The van der Waals surface area contributed by atoms with Gasteiger partial charge in [0.2, 0.25) is 0 Å². The molecule has 0 saturated heterocycles. The van der Waals surface area contributed by atoms with Crippen LogP contribution in [0.1, 0.15) is 15.2 Å². The number of hydrogen-bond donors (Lipinski definition) is 2. The van der Waals surface area contributed by atoms with E-state index in [0.717, 1.165) is 5.56 Å². The number of thiophene rings is 1. The Morgan fingerprint density at radius 2 is 2.06 bits per heavy atom. The Labute approximate surface area is 102 Å². The van der Waals surface area contributed by atoms with Crippen LogP contribution in [0.25, 0.3) is 0 Å². The average Bonchev–Trinajstić information content (AvgIpc) is 2.85. The van der Waals surface area contributed by atoms with Crippen molar-refractivity contribution in [2.45, 2.75) is 0 Å². The molecule has 86 valence electrons. The van der Waals surface area contributed by atoms with Crippen molar-refractivity contribution in [2.24, 2.45) is 5.10 Å². The number of hydrazone groups is 1. The van der Waals surface area contributed by atoms with E-state index in [1.165, 1.54) is 17.6 Å². The Bertz CT molecular complexity index is 518. The van der Waals surface area contributed by atoms with Gasteiger partial charge in [0, 0.05) is 0 Å². The third-order valence-electron chi connectivity index (χ3n) is 2.02. The summed E-state index contributed by atoms with van der Waals surface area (Å²) in [5, 5.41) is 14.7. The zero-order valence-electron chi connectivity index (χ0n) is 8.83. The van der Waals surface area contributed by atoms with Crippen molar-refractivity contribution >= 4 is 23.5 Å². The molecule has 1 heterocycles. The van der Waals surface area contributed by atoms with Gasteiger partial charge in [0.15, 0.2) is 0 Å². The van der Waals surface area contributed by atoms with Crippen molar-refractivity contribution in [1.82, 2.24) is 5.43 Å². The van der Waals surface area contributed by atoms with Crippen LogP contribution in [0.3, 0.4) is 0 Å². The van der Waals surface area contributed by atoms with Crippen LogP contribution in [0.2, 0.25) is 0 Å². The Balaban J connectivity index is 1.94. The molecule has 2 aromatic rings. The minimum Gasteiger partial charge on any atom is -0.508 e. The third-order valence-corrected chi connectivity index (χ3v) is 2.89. The van der Waals surface area contributed by atoms with E-state index in [1.54, 1.807) is 30.3 Å². The summed E-state index contributed by atoms with van der Waals surface area (Å²) in [4.78, 5) is 12.1. The van der Waals surface area contributed by atoms with Gasteiger partial charge in [0.05, 0.1) is 11.1 Å². The standard InChI is InChI=1S/C12H10N2O2S/c15-10-5-3-9(4-6-10)8-13-14-12(16)11-2-1-7-17-11/h1-8,15H,(H,14,16). The van der Waals surface area contributed by atoms with Crippen molar-refractivity contribution in [1.29, 1.82) is 0 Å². The molecule has 0 aliphatic rings. The molecule has 0 radical (unpaired) electrons. The first-order chi connectivity index (χ1) is 8.25. The SMILES string of the molecule is O=C(NN=Cc1ccc(O)cc1)c1cccs1. The van der Waals surface area contributed by atoms with Crippen LogP contribution in [0.4, 0.5) is 0 Å². The zero-order chi connectivity index (χ0) is 12.1. The number of nitrogens with one attached hydrogen (secondary N) is 1. The van der Waals surface area contributed by atoms with E-state index in [9.17, 15) is 4.79 Å². The number of carbonyl (C=O) groups excluding carboxylic acids is 1. The molecule has 0 aliphatic carbocycles. The van der Waals surface area contributed by atoms with Crippen LogP contribution in [0.5, 0.6) is 5.75 Å². The molecule has 0 atom stereocenters. The second kappa shape index (κ2) is 5.27. The van der Waals surface area contributed by atoms with Crippen molar-refractivity contribution in [2.75, 3.05) is 0 Å². The van der Waals surface area contributed by atoms with E-state index < -0.39 is 0 Å². The van der Waals surface area contributed by atoms with Gasteiger partial charge in [-0.1, -0.05) is 6.07 Å². The van der Waals surface area contributed by atoms with Crippen molar-refractivity contribution in [3.8, 4) is 5.75 Å². The topological polar surface area (TPSA) is 61.7 Å². The van der Waals surface area contributed by atoms with Crippen molar-refractivity contribution in [3.63, 3.8) is 0 Å². The molecule has 2 rings (SSSR count). The maximum Gasteiger partial charge on any atom is 0.281 e. The summed E-state index contributed by atoms with van der Waals surface area (Å²) in [5.74, 6) is -0.0280. The average molecular weight is 246 g/mol. The van der Waals surface area contributed by atoms with Crippen LogP contribution in [-0.2, 0) is 0 Å². The van der Waals surface area contributed by atoms with Gasteiger partial charge in [0.25, 0.3) is 5.91 Å². The van der Waals surface area contributed by atoms with E-state index >= 15 is 0 Å². The Kier molecular flexibility index (Phi) is 3.52. The molecule has 5 heteroatoms. The molecule has 17 heavy (non-hydrogen) atoms. The summed E-state index contributed by atoms with van der Waals surface area (Å²) in [6.07, 6.45) is 1.52. The highest BCUT2D eigenvalue weighted by Gasteiger charge is 2.03. The van der Waals surface area contributed by atoms with Gasteiger partial charge in [-0.05, 0) is 41.3 Å². The highest BCUT2D eigenvalue weighted by Crippen LogP contribution is 2.08. The number of phenols is 1. The third kappa shape index (κ3) is 3.15. The second-order valence-electron chi connectivity index (χ2n) is 3.27. The number of hydrogen-bond acceptors (Lipinski definition) is 4. The summed E-state index contributed by atoms with van der Waals surface area (Å²) < 4.78 is 0. The fourth-order valence-corrected chi connectivity index (χ4v) is 1.80. The molecular weight excluding hydrogens is 236 g/mol. The van der Waals surface area contributed by atoms with Gasteiger partial charge in [-0.3, -0.25) is 4.79 Å². The fraction of sp³-hybridized carbons (Fsp3) is 0. The molecule has 4 nitrogen and oxygen atoms in total. The Morgan fingerprint density at radius 1 is 1.29 bits per heavy atom. The predicted octanol–water partition coefficient (Wildman–Crippen LogP) is 2.22. The minimum atomic E-state index is -0.227. The van der Waals surface area contributed by atoms with Crippen LogP contribution >= 0.6 is 11.3 Å². The number of amides is 1. The molecule has 1 amide bonds. The summed E-state index contributed by atoms with van der Waals surface area (Å²) >= 11 is 1.36. The highest BCUT2D eigenvalue weighted by molar-refractivity contribution is 7.12. The highest BCUT2D eigenvalue weighted by atomic mass is 32.1. The summed E-state index contributed by atoms with van der Waals surface area (Å²) in [7, 11) is 0. The van der Waals surface area contributed by atoms with Gasteiger partial charge < -0.3 is 5.11 Å². The van der Waals surface area contributed by atoms with Gasteiger partial charge in [-0.2, -0.15) is 5.10 Å². The first-order valence-corrected chi connectivity index (χ1v) is 5.79. The molecule has 1 aromatic heterocycles. The molecule has 0 saturated carbocycles. The quantitative estimate of drug-likeness (QED) is 0.644. The molecule has 2 N–H and O–H groups in total.